The van der Waals surface area contributed by atoms with Crippen LogP contribution in [0.5, 0.6) is 0 Å². The first-order valence-electron chi connectivity index (χ1n) is 4.71. The highest BCUT2D eigenvalue weighted by molar-refractivity contribution is 6.33. The van der Waals surface area contributed by atoms with Crippen LogP contribution in [0.2, 0.25) is 5.02 Å². The largest absolute Gasteiger partial charge is 0.246 e. The molecule has 0 radical (unpaired) electrons. The summed E-state index contributed by atoms with van der Waals surface area (Å²) in [6.45, 7) is -0.446. The van der Waals surface area contributed by atoms with Crippen molar-refractivity contribution in [3.63, 3.8) is 0 Å². The van der Waals surface area contributed by atoms with Crippen LogP contribution in [0.3, 0.4) is 0 Å². The summed E-state index contributed by atoms with van der Waals surface area (Å²) in [5.74, 6) is 0. The van der Waals surface area contributed by atoms with Gasteiger partial charge in [-0.25, -0.2) is 4.39 Å². The van der Waals surface area contributed by atoms with Crippen molar-refractivity contribution in [2.75, 3.05) is 0 Å². The van der Waals surface area contributed by atoms with E-state index < -0.39 is 6.67 Å². The van der Waals surface area contributed by atoms with E-state index in [1.165, 1.54) is 0 Å². The van der Waals surface area contributed by atoms with Crippen molar-refractivity contribution in [1.29, 1.82) is 0 Å². The molecule has 0 saturated heterocycles. The molecule has 2 aromatic carbocycles. The number of alkyl halides is 1. The molecule has 2 heteroatoms. The predicted molar refractivity (Wildman–Crippen MR) is 61.7 cm³/mol. The van der Waals surface area contributed by atoms with E-state index in [9.17, 15) is 4.39 Å². The summed E-state index contributed by atoms with van der Waals surface area (Å²) in [6.07, 6.45) is 0. The quantitative estimate of drug-likeness (QED) is 0.700. The molecule has 2 aromatic rings. The summed E-state index contributed by atoms with van der Waals surface area (Å²) in [7, 11) is 0. The lowest BCUT2D eigenvalue weighted by atomic mass is 10.0. The second-order valence-corrected chi connectivity index (χ2v) is 3.72. The van der Waals surface area contributed by atoms with Gasteiger partial charge >= 0.3 is 0 Å². The molecule has 0 aliphatic heterocycles. The number of hydrogen-bond acceptors (Lipinski definition) is 0. The molecule has 0 heterocycles. The summed E-state index contributed by atoms with van der Waals surface area (Å²) >= 11 is 6.06. The van der Waals surface area contributed by atoms with Crippen molar-refractivity contribution in [1.82, 2.24) is 0 Å². The minimum Gasteiger partial charge on any atom is -0.246 e. The summed E-state index contributed by atoms with van der Waals surface area (Å²) in [4.78, 5) is 0. The molecular formula is C13H10ClF. The maximum absolute atomic E-state index is 12.5. The lowest BCUT2D eigenvalue weighted by molar-refractivity contribution is 0.485. The Balaban J connectivity index is 2.49. The molecule has 76 valence electrons. The van der Waals surface area contributed by atoms with Crippen molar-refractivity contribution < 1.29 is 4.39 Å². The zero-order chi connectivity index (χ0) is 10.7. The minimum absolute atomic E-state index is 0.446. The van der Waals surface area contributed by atoms with Crippen LogP contribution in [0.1, 0.15) is 5.56 Å². The lowest BCUT2D eigenvalue weighted by Gasteiger charge is -2.05. The van der Waals surface area contributed by atoms with Crippen LogP contribution in [0, 0.1) is 0 Å². The molecule has 0 aromatic heterocycles. The van der Waals surface area contributed by atoms with Gasteiger partial charge in [-0.15, -0.1) is 0 Å². The maximum Gasteiger partial charge on any atom is 0.115 e. The highest BCUT2D eigenvalue weighted by Crippen LogP contribution is 2.27. The summed E-state index contributed by atoms with van der Waals surface area (Å²) < 4.78 is 12.5. The molecule has 0 aliphatic rings. The Morgan fingerprint density at radius 2 is 1.80 bits per heavy atom. The fraction of sp³-hybridized carbons (Fsp3) is 0.0769. The normalized spacial score (nSPS) is 10.3. The third-order valence-corrected chi connectivity index (χ3v) is 2.60. The van der Waals surface area contributed by atoms with E-state index in [1.54, 1.807) is 6.07 Å². The molecule has 0 saturated carbocycles. The second kappa shape index (κ2) is 4.45. The number of halogens is 2. The Labute approximate surface area is 93.3 Å². The fourth-order valence-electron chi connectivity index (χ4n) is 1.52. The number of benzene rings is 2. The van der Waals surface area contributed by atoms with Gasteiger partial charge in [0, 0.05) is 10.6 Å². The van der Waals surface area contributed by atoms with Crippen molar-refractivity contribution in [2.45, 2.75) is 6.67 Å². The number of hydrogen-bond donors (Lipinski definition) is 0. The van der Waals surface area contributed by atoms with E-state index in [-0.39, 0.29) is 0 Å². The Morgan fingerprint density at radius 1 is 1.00 bits per heavy atom. The van der Waals surface area contributed by atoms with Crippen molar-refractivity contribution >= 4 is 11.6 Å². The lowest BCUT2D eigenvalue weighted by Crippen LogP contribution is -1.82. The standard InChI is InChI=1S/C13H10ClF/c14-13-7-2-1-6-12(13)11-5-3-4-10(8-11)9-15/h1-8H,9H2. The van der Waals surface area contributed by atoms with Gasteiger partial charge in [-0.1, -0.05) is 48.0 Å². The Hall–Kier alpha value is -1.34. The third-order valence-electron chi connectivity index (χ3n) is 2.27. The second-order valence-electron chi connectivity index (χ2n) is 3.31. The maximum atomic E-state index is 12.5. The number of rotatable bonds is 2. The van der Waals surface area contributed by atoms with Gasteiger partial charge in [-0.3, -0.25) is 0 Å². The first-order valence-corrected chi connectivity index (χ1v) is 5.09. The van der Waals surface area contributed by atoms with Gasteiger partial charge in [-0.05, 0) is 23.3 Å². The van der Waals surface area contributed by atoms with Gasteiger partial charge in [0.05, 0.1) is 0 Å². The van der Waals surface area contributed by atoms with Gasteiger partial charge in [0.15, 0.2) is 0 Å². The first-order chi connectivity index (χ1) is 7.31. The zero-order valence-electron chi connectivity index (χ0n) is 8.08. The van der Waals surface area contributed by atoms with Gasteiger partial charge < -0.3 is 0 Å². The summed E-state index contributed by atoms with van der Waals surface area (Å²) in [5, 5.41) is 0.688. The Kier molecular flexibility index (Phi) is 3.02. The van der Waals surface area contributed by atoms with Crippen LogP contribution in [0.4, 0.5) is 4.39 Å². The predicted octanol–water partition coefficient (Wildman–Crippen LogP) is 4.48. The highest BCUT2D eigenvalue weighted by Gasteiger charge is 2.02. The summed E-state index contributed by atoms with van der Waals surface area (Å²) in [6, 6.07) is 14.9. The Morgan fingerprint density at radius 3 is 2.53 bits per heavy atom. The third kappa shape index (κ3) is 2.18. The molecule has 0 bridgehead atoms. The first kappa shape index (κ1) is 10.2. The van der Waals surface area contributed by atoms with E-state index >= 15 is 0 Å². The molecule has 0 N–H and O–H groups in total. The Bertz CT molecular complexity index is 466. The van der Waals surface area contributed by atoms with Crippen molar-refractivity contribution in [3.8, 4) is 11.1 Å². The molecule has 0 unspecified atom stereocenters. The fourth-order valence-corrected chi connectivity index (χ4v) is 1.76. The molecule has 0 amide bonds. The van der Waals surface area contributed by atoms with Crippen LogP contribution < -0.4 is 0 Å². The topological polar surface area (TPSA) is 0 Å². The minimum atomic E-state index is -0.446. The van der Waals surface area contributed by atoms with Crippen LogP contribution >= 0.6 is 11.6 Å². The molecule has 0 spiro atoms. The molecule has 0 aliphatic carbocycles. The smallest absolute Gasteiger partial charge is 0.115 e. The van der Waals surface area contributed by atoms with Crippen molar-refractivity contribution in [3.05, 3.63) is 59.1 Å². The average Bonchev–Trinajstić information content (AvgIpc) is 2.30. The van der Waals surface area contributed by atoms with Crippen molar-refractivity contribution in [2.24, 2.45) is 0 Å². The molecule has 0 atom stereocenters. The van der Waals surface area contributed by atoms with E-state index in [4.69, 9.17) is 11.6 Å². The van der Waals surface area contributed by atoms with E-state index in [1.807, 2.05) is 42.5 Å². The molecular weight excluding hydrogens is 211 g/mol. The van der Waals surface area contributed by atoms with Gasteiger partial charge in [-0.2, -0.15) is 0 Å². The average molecular weight is 221 g/mol. The van der Waals surface area contributed by atoms with Crippen LogP contribution in [0.25, 0.3) is 11.1 Å². The van der Waals surface area contributed by atoms with E-state index in [2.05, 4.69) is 0 Å². The zero-order valence-corrected chi connectivity index (χ0v) is 8.84. The van der Waals surface area contributed by atoms with Crippen LogP contribution in [0.15, 0.2) is 48.5 Å². The van der Waals surface area contributed by atoms with Crippen LogP contribution in [-0.4, -0.2) is 0 Å². The van der Waals surface area contributed by atoms with Gasteiger partial charge in [0.2, 0.25) is 0 Å². The molecule has 15 heavy (non-hydrogen) atoms. The van der Waals surface area contributed by atoms with Crippen LogP contribution in [-0.2, 0) is 6.67 Å². The van der Waals surface area contributed by atoms with Gasteiger partial charge in [0.1, 0.15) is 6.67 Å². The SMILES string of the molecule is FCc1cccc(-c2ccccc2Cl)c1. The molecule has 2 rings (SSSR count). The van der Waals surface area contributed by atoms with Gasteiger partial charge in [0.25, 0.3) is 0 Å². The summed E-state index contributed by atoms with van der Waals surface area (Å²) in [5.41, 5.74) is 2.57. The highest BCUT2D eigenvalue weighted by atomic mass is 35.5. The van der Waals surface area contributed by atoms with E-state index in [0.717, 1.165) is 11.1 Å². The monoisotopic (exact) mass is 220 g/mol. The molecule has 0 fully saturated rings. The van der Waals surface area contributed by atoms with E-state index in [0.29, 0.717) is 10.6 Å². The molecule has 0 nitrogen and oxygen atoms in total.